The topological polar surface area (TPSA) is 67.1 Å². The highest BCUT2D eigenvalue weighted by Crippen LogP contribution is 2.28. The molecule has 2 heterocycles. The molecule has 0 amide bonds. The van der Waals surface area contributed by atoms with Crippen LogP contribution >= 0.6 is 0 Å². The van der Waals surface area contributed by atoms with E-state index in [9.17, 15) is 0 Å². The van der Waals surface area contributed by atoms with Crippen molar-refractivity contribution >= 4 is 5.96 Å². The van der Waals surface area contributed by atoms with Crippen molar-refractivity contribution in [1.82, 2.24) is 25.4 Å². The van der Waals surface area contributed by atoms with E-state index in [1.54, 1.807) is 0 Å². The average Bonchev–Trinajstić information content (AvgIpc) is 3.22. The van der Waals surface area contributed by atoms with Gasteiger partial charge in [0, 0.05) is 39.5 Å². The Balaban J connectivity index is 1.35. The summed E-state index contributed by atoms with van der Waals surface area (Å²) in [7, 11) is 1.84. The van der Waals surface area contributed by atoms with Crippen LogP contribution in [0, 0.1) is 5.92 Å². The monoisotopic (exact) mass is 346 g/mol. The summed E-state index contributed by atoms with van der Waals surface area (Å²) in [6, 6.07) is 0. The second kappa shape index (κ2) is 9.78. The average molecular weight is 347 g/mol. The molecule has 1 aromatic heterocycles. The van der Waals surface area contributed by atoms with E-state index in [2.05, 4.69) is 30.4 Å². The van der Waals surface area contributed by atoms with Gasteiger partial charge in [-0.25, -0.2) is 0 Å². The predicted molar refractivity (Wildman–Crippen MR) is 102 cm³/mol. The molecule has 6 heteroatoms. The first-order chi connectivity index (χ1) is 12.4. The molecule has 1 saturated carbocycles. The van der Waals surface area contributed by atoms with Gasteiger partial charge in [-0.2, -0.15) is 0 Å². The molecule has 1 fully saturated rings. The number of rotatable bonds is 7. The molecule has 25 heavy (non-hydrogen) atoms. The lowest BCUT2D eigenvalue weighted by atomic mass is 10.0. The molecule has 2 aliphatic rings. The normalized spacial score (nSPS) is 18.8. The summed E-state index contributed by atoms with van der Waals surface area (Å²) in [5, 5.41) is 15.6. The lowest BCUT2D eigenvalue weighted by Gasteiger charge is -2.13. The molecular formula is C19H34N6. The lowest BCUT2D eigenvalue weighted by Crippen LogP contribution is -2.39. The van der Waals surface area contributed by atoms with Gasteiger partial charge in [0.1, 0.15) is 11.6 Å². The Hall–Kier alpha value is -1.59. The molecule has 0 spiro atoms. The maximum absolute atomic E-state index is 4.39. The van der Waals surface area contributed by atoms with Crippen LogP contribution in [0.3, 0.4) is 0 Å². The lowest BCUT2D eigenvalue weighted by molar-refractivity contribution is 0.481. The van der Waals surface area contributed by atoms with Gasteiger partial charge in [-0.1, -0.05) is 32.1 Å². The van der Waals surface area contributed by atoms with E-state index in [0.717, 1.165) is 50.2 Å². The first-order valence-corrected chi connectivity index (χ1v) is 10.2. The van der Waals surface area contributed by atoms with Crippen LogP contribution in [0.4, 0.5) is 0 Å². The number of hydrogen-bond acceptors (Lipinski definition) is 3. The van der Waals surface area contributed by atoms with Crippen molar-refractivity contribution in [3.63, 3.8) is 0 Å². The Morgan fingerprint density at radius 1 is 1.08 bits per heavy atom. The molecule has 2 N–H and O–H groups in total. The van der Waals surface area contributed by atoms with E-state index in [1.807, 2.05) is 7.05 Å². The zero-order valence-electron chi connectivity index (χ0n) is 15.8. The molecule has 1 aromatic rings. The van der Waals surface area contributed by atoms with E-state index < -0.39 is 0 Å². The summed E-state index contributed by atoms with van der Waals surface area (Å²) in [6.07, 6.45) is 14.1. The van der Waals surface area contributed by atoms with Gasteiger partial charge < -0.3 is 15.2 Å². The molecule has 0 unspecified atom stereocenters. The first-order valence-electron chi connectivity index (χ1n) is 10.2. The van der Waals surface area contributed by atoms with Crippen molar-refractivity contribution in [2.45, 2.75) is 77.2 Å². The van der Waals surface area contributed by atoms with Crippen LogP contribution in [-0.4, -0.2) is 40.9 Å². The van der Waals surface area contributed by atoms with Crippen LogP contribution in [0.5, 0.6) is 0 Å². The summed E-state index contributed by atoms with van der Waals surface area (Å²) in [5.41, 5.74) is 0. The Morgan fingerprint density at radius 3 is 2.76 bits per heavy atom. The fraction of sp³-hybridized carbons (Fsp3) is 0.842. The van der Waals surface area contributed by atoms with Crippen LogP contribution in [0.2, 0.25) is 0 Å². The van der Waals surface area contributed by atoms with Crippen LogP contribution in [0.25, 0.3) is 0 Å². The van der Waals surface area contributed by atoms with Gasteiger partial charge >= 0.3 is 0 Å². The summed E-state index contributed by atoms with van der Waals surface area (Å²) >= 11 is 0. The van der Waals surface area contributed by atoms with E-state index in [0.29, 0.717) is 0 Å². The third kappa shape index (κ3) is 5.44. The summed E-state index contributed by atoms with van der Waals surface area (Å²) in [5.74, 6) is 4.16. The van der Waals surface area contributed by atoms with Crippen molar-refractivity contribution in [2.24, 2.45) is 10.9 Å². The quantitative estimate of drug-likeness (QED) is 0.452. The molecule has 3 rings (SSSR count). The minimum Gasteiger partial charge on any atom is -0.356 e. The third-order valence-corrected chi connectivity index (χ3v) is 5.61. The predicted octanol–water partition coefficient (Wildman–Crippen LogP) is 2.68. The Labute approximate surface area is 151 Å². The number of nitrogens with zero attached hydrogens (tertiary/aromatic N) is 4. The highest BCUT2D eigenvalue weighted by molar-refractivity contribution is 5.79. The van der Waals surface area contributed by atoms with Gasteiger partial charge in [0.15, 0.2) is 5.96 Å². The minimum atomic E-state index is 0.848. The number of guanidine groups is 1. The van der Waals surface area contributed by atoms with E-state index in [1.165, 1.54) is 63.6 Å². The maximum atomic E-state index is 4.39. The fourth-order valence-electron chi connectivity index (χ4n) is 4.14. The van der Waals surface area contributed by atoms with Crippen molar-refractivity contribution in [3.8, 4) is 0 Å². The van der Waals surface area contributed by atoms with Gasteiger partial charge in [-0.15, -0.1) is 10.2 Å². The largest absolute Gasteiger partial charge is 0.356 e. The molecular weight excluding hydrogens is 312 g/mol. The SMILES string of the molecule is CN=C(NCCCC1CCCC1)NCCc1nnc2n1CCCCC2. The number of nitrogens with one attached hydrogen (secondary N) is 2. The Bertz CT molecular complexity index is 544. The van der Waals surface area contributed by atoms with E-state index in [4.69, 9.17) is 0 Å². The molecule has 1 aliphatic heterocycles. The molecule has 0 saturated heterocycles. The highest BCUT2D eigenvalue weighted by atomic mass is 15.3. The summed E-state index contributed by atoms with van der Waals surface area (Å²) in [4.78, 5) is 4.33. The van der Waals surface area contributed by atoms with Crippen LogP contribution < -0.4 is 10.6 Å². The van der Waals surface area contributed by atoms with Crippen molar-refractivity contribution in [3.05, 3.63) is 11.6 Å². The summed E-state index contributed by atoms with van der Waals surface area (Å²) < 4.78 is 2.33. The second-order valence-corrected chi connectivity index (χ2v) is 7.46. The maximum Gasteiger partial charge on any atom is 0.190 e. The smallest absolute Gasteiger partial charge is 0.190 e. The Kier molecular flexibility index (Phi) is 7.12. The second-order valence-electron chi connectivity index (χ2n) is 7.46. The first kappa shape index (κ1) is 18.2. The van der Waals surface area contributed by atoms with Crippen LogP contribution in [-0.2, 0) is 19.4 Å². The van der Waals surface area contributed by atoms with Gasteiger partial charge in [-0.05, 0) is 31.6 Å². The van der Waals surface area contributed by atoms with E-state index in [-0.39, 0.29) is 0 Å². The summed E-state index contributed by atoms with van der Waals surface area (Å²) in [6.45, 7) is 2.93. The number of fused-ring (bicyclic) bond motifs is 1. The van der Waals surface area contributed by atoms with Crippen molar-refractivity contribution in [1.29, 1.82) is 0 Å². The highest BCUT2D eigenvalue weighted by Gasteiger charge is 2.15. The fourth-order valence-corrected chi connectivity index (χ4v) is 4.14. The van der Waals surface area contributed by atoms with Crippen molar-refractivity contribution in [2.75, 3.05) is 20.1 Å². The molecule has 0 radical (unpaired) electrons. The van der Waals surface area contributed by atoms with Gasteiger partial charge in [0.25, 0.3) is 0 Å². The Morgan fingerprint density at radius 2 is 1.92 bits per heavy atom. The third-order valence-electron chi connectivity index (χ3n) is 5.61. The molecule has 1 aliphatic carbocycles. The standard InChI is InChI=1S/C19H34N6/c1-20-19(21-13-7-10-16-8-4-5-9-16)22-14-12-18-24-23-17-11-3-2-6-15-25(17)18/h16H,2-15H2,1H3,(H2,20,21,22). The molecule has 0 bridgehead atoms. The number of aryl methyl sites for hydroxylation is 1. The zero-order chi connectivity index (χ0) is 17.3. The minimum absolute atomic E-state index is 0.848. The molecule has 0 atom stereocenters. The molecule has 0 aromatic carbocycles. The van der Waals surface area contributed by atoms with E-state index >= 15 is 0 Å². The molecule has 6 nitrogen and oxygen atoms in total. The molecule has 140 valence electrons. The van der Waals surface area contributed by atoms with Gasteiger partial charge in [0.05, 0.1) is 0 Å². The van der Waals surface area contributed by atoms with Crippen LogP contribution in [0.15, 0.2) is 4.99 Å². The van der Waals surface area contributed by atoms with Gasteiger partial charge in [-0.3, -0.25) is 4.99 Å². The van der Waals surface area contributed by atoms with Crippen molar-refractivity contribution < 1.29 is 0 Å². The number of hydrogen-bond donors (Lipinski definition) is 2. The van der Waals surface area contributed by atoms with Crippen LogP contribution in [0.1, 0.15) is 69.4 Å². The number of aromatic nitrogens is 3. The number of aliphatic imine (C=N–C) groups is 1. The zero-order valence-corrected chi connectivity index (χ0v) is 15.8. The van der Waals surface area contributed by atoms with Gasteiger partial charge in [0.2, 0.25) is 0 Å².